The Labute approximate surface area is 567 Å². The van der Waals surface area contributed by atoms with Gasteiger partial charge in [-0.25, -0.2) is 4.79 Å². The quantitative estimate of drug-likeness (QED) is 0.0546. The van der Waals surface area contributed by atoms with Crippen LogP contribution in [0.15, 0.2) is 0 Å². The Hall–Kier alpha value is -3.45. The smallest absolute Gasteiger partial charge is 0.312 e. The van der Waals surface area contributed by atoms with Crippen LogP contribution in [0.1, 0.15) is 87.5 Å². The highest BCUT2D eigenvalue weighted by molar-refractivity contribution is 5.95. The molecule has 0 rings (SSSR count). The van der Waals surface area contributed by atoms with Crippen LogP contribution in [0.2, 0.25) is 0 Å². The lowest BCUT2D eigenvalue weighted by Gasteiger charge is -2.28. The fourth-order valence-corrected chi connectivity index (χ4v) is 7.64. The molecule has 30 heteroatoms. The molecule has 0 radical (unpaired) electrons. The zero-order valence-electron chi connectivity index (χ0n) is 59.2. The lowest BCUT2D eigenvalue weighted by molar-refractivity contribution is -0.135. The van der Waals surface area contributed by atoms with Crippen LogP contribution >= 0.6 is 0 Å². The maximum atomic E-state index is 13.2. The van der Waals surface area contributed by atoms with Crippen molar-refractivity contribution in [2.24, 2.45) is 22.5 Å². The molecule has 95 heavy (non-hydrogen) atoms. The van der Waals surface area contributed by atoms with Crippen molar-refractivity contribution in [2.75, 3.05) is 277 Å². The molecule has 0 bridgehead atoms. The molecule has 0 aromatic carbocycles. The fourth-order valence-electron chi connectivity index (χ4n) is 7.64. The fraction of sp³-hybridized carbons (Fsp3) is 0.923. The summed E-state index contributed by atoms with van der Waals surface area (Å²) in [6.07, 6.45) is 2.17. The van der Waals surface area contributed by atoms with Gasteiger partial charge in [-0.2, -0.15) is 0 Å². The summed E-state index contributed by atoms with van der Waals surface area (Å²) < 4.78 is 110. The first kappa shape index (κ1) is 91.5. The van der Waals surface area contributed by atoms with Gasteiger partial charge in [0, 0.05) is 31.3 Å². The molecule has 5 amide bonds. The van der Waals surface area contributed by atoms with Gasteiger partial charge in [0.25, 0.3) is 0 Å². The minimum atomic E-state index is -0.850. The van der Waals surface area contributed by atoms with E-state index in [1.807, 2.05) is 13.8 Å². The van der Waals surface area contributed by atoms with Gasteiger partial charge in [0.1, 0.15) is 6.04 Å². The van der Waals surface area contributed by atoms with Gasteiger partial charge in [-0.1, -0.05) is 55.4 Å². The number of Topliss-reactive ketones (excluding diaryl/α,β-unsaturated/α-hetero) is 1. The number of ether oxygens (including phenoxy) is 20. The summed E-state index contributed by atoms with van der Waals surface area (Å²) >= 11 is 0. The van der Waals surface area contributed by atoms with Gasteiger partial charge < -0.3 is 122 Å². The lowest BCUT2D eigenvalue weighted by atomic mass is 9.84. The van der Waals surface area contributed by atoms with Gasteiger partial charge in [0.05, 0.1) is 270 Å². The van der Waals surface area contributed by atoms with Gasteiger partial charge in [-0.15, -0.1) is 0 Å². The van der Waals surface area contributed by atoms with E-state index < -0.39 is 29.4 Å². The first-order valence-corrected chi connectivity index (χ1v) is 33.9. The summed E-state index contributed by atoms with van der Waals surface area (Å²) in [5.41, 5.74) is 4.57. The Morgan fingerprint density at radius 3 is 0.832 bits per heavy atom. The molecule has 6 N–H and O–H groups in total. The molecule has 0 saturated carbocycles. The number of primary amides is 1. The van der Waals surface area contributed by atoms with Crippen molar-refractivity contribution in [2.45, 2.75) is 99.6 Å². The lowest BCUT2D eigenvalue weighted by Crippen LogP contribution is -2.55. The maximum absolute atomic E-state index is 13.2. The molecule has 0 aromatic rings. The number of nitrogens with two attached hydrogens (primary N) is 1. The molecule has 0 heterocycles. The summed E-state index contributed by atoms with van der Waals surface area (Å²) in [7, 11) is 0. The van der Waals surface area contributed by atoms with E-state index in [1.54, 1.807) is 20.8 Å². The highest BCUT2D eigenvalue weighted by Crippen LogP contribution is 2.21. The summed E-state index contributed by atoms with van der Waals surface area (Å²) in [4.78, 5) is 61.8. The Kier molecular flexibility index (Phi) is 65.3. The van der Waals surface area contributed by atoms with Crippen molar-refractivity contribution >= 4 is 29.5 Å². The van der Waals surface area contributed by atoms with Crippen molar-refractivity contribution in [3.63, 3.8) is 0 Å². The molecule has 2 atom stereocenters. The van der Waals surface area contributed by atoms with Crippen LogP contribution in [0.3, 0.4) is 0 Å². The standard InChI is InChI=1S/C65H127N5O25/c1-56(2)60(62(74)69-57(61(73)65(6,7)8)10-9-14-68-63(66)75)70-59(72)12-16-76-18-20-78-22-24-80-26-28-82-30-32-84-34-36-86-38-40-88-42-44-90-46-48-92-50-52-94-54-55-95-53-51-93-49-47-91-45-43-89-41-39-87-37-35-85-33-31-83-29-27-81-25-23-79-21-19-77-17-15-67-58(71)11-13-64(3,4)5/h56-57,60H,9-55H2,1-8H3,(H,67,71)(H,69,74)(H,70,72)(H3,66,68,75)/t57-,60-/m0/s1. The van der Waals surface area contributed by atoms with Gasteiger partial charge in [-0.3, -0.25) is 19.2 Å². The van der Waals surface area contributed by atoms with Crippen LogP contribution in [-0.4, -0.2) is 319 Å². The van der Waals surface area contributed by atoms with E-state index in [9.17, 15) is 24.0 Å². The SMILES string of the molecule is CC(C)[C@H](NC(=O)CCOCCOCCOCCOCCOCCOCCOCCOCCOCCOCCOCCOCCOCCOCCOCCOCCOCCOCCOCCOCCNC(=O)CCC(C)(C)C)C(=O)N[C@@H](CCCNC(N)=O)C(=O)C(C)(C)C. The molecule has 0 aliphatic carbocycles. The number of nitrogens with one attached hydrogen (secondary N) is 4. The third-order valence-corrected chi connectivity index (χ3v) is 12.8. The molecule has 0 aliphatic rings. The highest BCUT2D eigenvalue weighted by atomic mass is 16.6. The van der Waals surface area contributed by atoms with Gasteiger partial charge in [0.2, 0.25) is 17.7 Å². The molecular formula is C65H127N5O25. The zero-order valence-corrected chi connectivity index (χ0v) is 59.2. The Balaban J connectivity index is 3.34. The molecular weight excluding hydrogens is 1250 g/mol. The third-order valence-electron chi connectivity index (χ3n) is 12.8. The molecule has 0 saturated heterocycles. The number of urea groups is 1. The normalized spacial score (nSPS) is 12.6. The minimum Gasteiger partial charge on any atom is -0.379 e. The van der Waals surface area contributed by atoms with Gasteiger partial charge in [-0.05, 0) is 30.6 Å². The van der Waals surface area contributed by atoms with E-state index in [1.165, 1.54) is 0 Å². The predicted molar refractivity (Wildman–Crippen MR) is 353 cm³/mol. The molecule has 0 unspecified atom stereocenters. The molecule has 30 nitrogen and oxygen atoms in total. The number of rotatable bonds is 74. The summed E-state index contributed by atoms with van der Waals surface area (Å²) in [6.45, 7) is 33.9. The Morgan fingerprint density at radius 1 is 0.326 bits per heavy atom. The van der Waals surface area contributed by atoms with E-state index in [4.69, 9.17) is 100 Å². The van der Waals surface area contributed by atoms with Crippen molar-refractivity contribution < 1.29 is 119 Å². The second-order valence-corrected chi connectivity index (χ2v) is 23.8. The topological polar surface area (TPSA) is 344 Å². The molecule has 0 spiro atoms. The number of hydrogen-bond donors (Lipinski definition) is 5. The Bertz CT molecular complexity index is 1760. The minimum absolute atomic E-state index is 0.0459. The third kappa shape index (κ3) is 68.9. The second kappa shape index (κ2) is 67.7. The molecule has 562 valence electrons. The van der Waals surface area contributed by atoms with Crippen LogP contribution in [0.5, 0.6) is 0 Å². The van der Waals surface area contributed by atoms with Gasteiger partial charge >= 0.3 is 6.03 Å². The number of ketones is 1. The van der Waals surface area contributed by atoms with E-state index >= 15 is 0 Å². The van der Waals surface area contributed by atoms with Crippen LogP contribution in [0, 0.1) is 16.7 Å². The average molecular weight is 1380 g/mol. The molecule has 0 fully saturated rings. The van der Waals surface area contributed by atoms with E-state index in [0.717, 1.165) is 6.42 Å². The summed E-state index contributed by atoms with van der Waals surface area (Å²) in [5.74, 6) is -1.14. The van der Waals surface area contributed by atoms with E-state index in [-0.39, 0.29) is 55.1 Å². The average Bonchev–Trinajstić information content (AvgIpc) is 0.970. The van der Waals surface area contributed by atoms with Crippen molar-refractivity contribution in [3.05, 3.63) is 0 Å². The van der Waals surface area contributed by atoms with Crippen LogP contribution in [0.4, 0.5) is 4.79 Å². The summed E-state index contributed by atoms with van der Waals surface area (Å²) in [6, 6.07) is -2.30. The van der Waals surface area contributed by atoms with E-state index in [0.29, 0.717) is 277 Å². The number of hydrogen-bond acceptors (Lipinski definition) is 25. The van der Waals surface area contributed by atoms with Crippen LogP contribution < -0.4 is 27.0 Å². The van der Waals surface area contributed by atoms with Gasteiger partial charge in [0.15, 0.2) is 5.78 Å². The molecule has 0 aromatic heterocycles. The van der Waals surface area contributed by atoms with Crippen molar-refractivity contribution in [3.8, 4) is 0 Å². The maximum Gasteiger partial charge on any atom is 0.312 e. The summed E-state index contributed by atoms with van der Waals surface area (Å²) in [5, 5.41) is 10.9. The highest BCUT2D eigenvalue weighted by Gasteiger charge is 2.33. The van der Waals surface area contributed by atoms with Crippen LogP contribution in [0.25, 0.3) is 0 Å². The largest absolute Gasteiger partial charge is 0.379 e. The Morgan fingerprint density at radius 2 is 0.589 bits per heavy atom. The number of amides is 5. The zero-order chi connectivity index (χ0) is 69.8. The van der Waals surface area contributed by atoms with Crippen LogP contribution in [-0.2, 0) is 114 Å². The van der Waals surface area contributed by atoms with Crippen molar-refractivity contribution in [1.29, 1.82) is 0 Å². The second-order valence-electron chi connectivity index (χ2n) is 23.8. The molecule has 0 aliphatic heterocycles. The number of carbonyl (C=O) groups is 5. The first-order valence-electron chi connectivity index (χ1n) is 33.9. The predicted octanol–water partition coefficient (Wildman–Crippen LogP) is 2.34. The number of carbonyl (C=O) groups excluding carboxylic acids is 5. The monoisotopic (exact) mass is 1380 g/mol. The van der Waals surface area contributed by atoms with Crippen molar-refractivity contribution in [1.82, 2.24) is 21.3 Å². The van der Waals surface area contributed by atoms with E-state index in [2.05, 4.69) is 42.0 Å². The first-order chi connectivity index (χ1) is 45.9.